The largest absolute Gasteiger partial charge is 0.365 e. The number of unbranched alkanes of at least 4 members (excludes halogenated alkanes) is 12. The standard InChI is InChI=1S/C56H84F6O/c1-3-5-7-9-11-13-15-17-39-19-23-41(24-20-39)43-27-31-45(32-28-43)55(47-35-37-49(57)53(61)51(47)59)63-56(48-36-38-50(58)54(62)52(48)60)46-33-29-44(30-34-46)42-25-21-40(22-26-42)18-16-14-12-10-8-6-4-2/h35-46,55-56H,3-34H2,1-2H3. The maximum absolute atomic E-state index is 15.9. The number of hydrogen-bond donors (Lipinski definition) is 0. The van der Waals surface area contributed by atoms with Crippen molar-refractivity contribution in [1.29, 1.82) is 0 Å². The van der Waals surface area contributed by atoms with Gasteiger partial charge in [-0.2, -0.15) is 0 Å². The summed E-state index contributed by atoms with van der Waals surface area (Å²) in [4.78, 5) is 0. The van der Waals surface area contributed by atoms with E-state index < -0.39 is 47.1 Å². The van der Waals surface area contributed by atoms with Gasteiger partial charge in [0.05, 0.1) is 12.2 Å². The van der Waals surface area contributed by atoms with Crippen molar-refractivity contribution >= 4 is 0 Å². The van der Waals surface area contributed by atoms with E-state index in [-0.39, 0.29) is 23.0 Å². The molecule has 356 valence electrons. The highest BCUT2D eigenvalue weighted by Crippen LogP contribution is 2.51. The minimum absolute atomic E-state index is 0.0712. The molecule has 2 aromatic carbocycles. The molecule has 4 fully saturated rings. The minimum Gasteiger partial charge on any atom is -0.365 e. The summed E-state index contributed by atoms with van der Waals surface area (Å²) in [5.41, 5.74) is -0.142. The summed E-state index contributed by atoms with van der Waals surface area (Å²) in [5.74, 6) is -4.52. The summed E-state index contributed by atoms with van der Waals surface area (Å²) < 4.78 is 97.5. The molecule has 0 amide bonds. The van der Waals surface area contributed by atoms with Gasteiger partial charge in [0.2, 0.25) is 0 Å². The summed E-state index contributed by atoms with van der Waals surface area (Å²) in [6.07, 6.45) is 36.3. The lowest BCUT2D eigenvalue weighted by Crippen LogP contribution is -2.32. The van der Waals surface area contributed by atoms with E-state index in [4.69, 9.17) is 4.74 Å². The van der Waals surface area contributed by atoms with E-state index in [1.807, 2.05) is 0 Å². The third-order valence-electron chi connectivity index (χ3n) is 17.1. The van der Waals surface area contributed by atoms with E-state index >= 15 is 17.6 Å². The van der Waals surface area contributed by atoms with Gasteiger partial charge in [0.25, 0.3) is 0 Å². The van der Waals surface area contributed by atoms with Gasteiger partial charge >= 0.3 is 0 Å². The van der Waals surface area contributed by atoms with E-state index in [0.717, 1.165) is 75.3 Å². The van der Waals surface area contributed by atoms with Crippen molar-refractivity contribution in [3.05, 3.63) is 70.3 Å². The second-order valence-electron chi connectivity index (χ2n) is 21.2. The zero-order valence-electron chi connectivity index (χ0n) is 39.4. The molecule has 0 saturated heterocycles. The van der Waals surface area contributed by atoms with Gasteiger partial charge in [-0.1, -0.05) is 154 Å². The Balaban J connectivity index is 1.08. The second-order valence-corrected chi connectivity index (χ2v) is 21.2. The van der Waals surface area contributed by atoms with Gasteiger partial charge in [0.1, 0.15) is 0 Å². The Morgan fingerprint density at radius 2 is 0.683 bits per heavy atom. The fourth-order valence-corrected chi connectivity index (χ4v) is 13.1. The van der Waals surface area contributed by atoms with Crippen LogP contribution in [0.2, 0.25) is 0 Å². The first-order chi connectivity index (χ1) is 30.7. The topological polar surface area (TPSA) is 9.23 Å². The highest BCUT2D eigenvalue weighted by molar-refractivity contribution is 5.26. The summed E-state index contributed by atoms with van der Waals surface area (Å²) >= 11 is 0. The Morgan fingerprint density at radius 1 is 0.381 bits per heavy atom. The lowest BCUT2D eigenvalue weighted by atomic mass is 9.67. The van der Waals surface area contributed by atoms with Crippen LogP contribution in [0.25, 0.3) is 0 Å². The van der Waals surface area contributed by atoms with Crippen LogP contribution in [-0.4, -0.2) is 0 Å². The van der Waals surface area contributed by atoms with Crippen LogP contribution in [0.15, 0.2) is 24.3 Å². The molecule has 0 spiro atoms. The molecule has 63 heavy (non-hydrogen) atoms. The molecule has 0 bridgehead atoms. The Labute approximate surface area is 379 Å². The van der Waals surface area contributed by atoms with Gasteiger partial charge in [-0.25, -0.2) is 26.3 Å². The first-order valence-electron chi connectivity index (χ1n) is 26.6. The normalized spacial score (nSPS) is 27.9. The maximum atomic E-state index is 15.9. The second kappa shape index (κ2) is 26.4. The Bertz CT molecular complexity index is 1480. The zero-order valence-corrected chi connectivity index (χ0v) is 39.4. The van der Waals surface area contributed by atoms with Gasteiger partial charge < -0.3 is 4.74 Å². The van der Waals surface area contributed by atoms with Crippen molar-refractivity contribution < 1.29 is 31.1 Å². The summed E-state index contributed by atoms with van der Waals surface area (Å²) in [6, 6.07) is 4.44. The van der Waals surface area contributed by atoms with Crippen LogP contribution in [0.1, 0.15) is 243 Å². The van der Waals surface area contributed by atoms with Gasteiger partial charge in [0, 0.05) is 11.1 Å². The SMILES string of the molecule is CCCCCCCCCC1CCC(C2CCC(C(OC(c3ccc(F)c(F)c3F)C3CCC(C4CCC(CCCCCCCCC)CC4)CC3)c3ccc(F)c(F)c3F)CC2)CC1. The molecule has 7 heteroatoms. The van der Waals surface area contributed by atoms with Crippen molar-refractivity contribution in [1.82, 2.24) is 0 Å². The van der Waals surface area contributed by atoms with Gasteiger partial charge in [0.15, 0.2) is 34.9 Å². The molecule has 0 N–H and O–H groups in total. The first kappa shape index (κ1) is 50.4. The molecule has 0 heterocycles. The van der Waals surface area contributed by atoms with Gasteiger partial charge in [-0.15, -0.1) is 0 Å². The molecule has 1 nitrogen and oxygen atoms in total. The monoisotopic (exact) mass is 887 g/mol. The van der Waals surface area contributed by atoms with Crippen molar-refractivity contribution in [2.24, 2.45) is 47.3 Å². The quantitative estimate of drug-likeness (QED) is 0.0580. The van der Waals surface area contributed by atoms with Crippen molar-refractivity contribution in [3.8, 4) is 0 Å². The van der Waals surface area contributed by atoms with Crippen molar-refractivity contribution in [3.63, 3.8) is 0 Å². The Hall–Kier alpha value is -2.02. The van der Waals surface area contributed by atoms with Crippen LogP contribution in [0.4, 0.5) is 26.3 Å². The number of rotatable bonds is 24. The van der Waals surface area contributed by atoms with Crippen molar-refractivity contribution in [2.45, 2.75) is 232 Å². The zero-order chi connectivity index (χ0) is 44.6. The van der Waals surface area contributed by atoms with E-state index in [1.165, 1.54) is 166 Å². The van der Waals surface area contributed by atoms with Crippen LogP contribution in [-0.2, 0) is 4.74 Å². The number of hydrogen-bond acceptors (Lipinski definition) is 1. The van der Waals surface area contributed by atoms with Crippen LogP contribution >= 0.6 is 0 Å². The fraction of sp³-hybridized carbons (Fsp3) is 0.786. The van der Waals surface area contributed by atoms with Gasteiger partial charge in [-0.05, 0) is 137 Å². The fourth-order valence-electron chi connectivity index (χ4n) is 13.1. The van der Waals surface area contributed by atoms with E-state index in [1.54, 1.807) is 0 Å². The number of ether oxygens (including phenoxy) is 1. The lowest BCUT2D eigenvalue weighted by Gasteiger charge is -2.43. The molecule has 2 aromatic rings. The third kappa shape index (κ3) is 14.5. The lowest BCUT2D eigenvalue weighted by molar-refractivity contribution is -0.0963. The minimum atomic E-state index is -1.55. The van der Waals surface area contributed by atoms with Crippen molar-refractivity contribution in [2.75, 3.05) is 0 Å². The molecule has 0 aromatic heterocycles. The predicted molar refractivity (Wildman–Crippen MR) is 246 cm³/mol. The molecule has 4 aliphatic carbocycles. The van der Waals surface area contributed by atoms with Crippen LogP contribution < -0.4 is 0 Å². The number of halogens is 6. The van der Waals surface area contributed by atoms with E-state index in [9.17, 15) is 8.78 Å². The molecule has 0 radical (unpaired) electrons. The first-order valence-corrected chi connectivity index (χ1v) is 26.6. The maximum Gasteiger partial charge on any atom is 0.194 e. The average molecular weight is 887 g/mol. The Kier molecular flexibility index (Phi) is 21.1. The Morgan fingerprint density at radius 3 is 1.02 bits per heavy atom. The van der Waals surface area contributed by atoms with E-state index in [2.05, 4.69) is 13.8 Å². The third-order valence-corrected chi connectivity index (χ3v) is 17.1. The summed E-state index contributed by atoms with van der Waals surface area (Å²) in [6.45, 7) is 4.52. The highest BCUT2D eigenvalue weighted by atomic mass is 19.2. The highest BCUT2D eigenvalue weighted by Gasteiger charge is 2.41. The molecule has 6 rings (SSSR count). The van der Waals surface area contributed by atoms with Gasteiger partial charge in [-0.3, -0.25) is 0 Å². The number of benzene rings is 2. The average Bonchev–Trinajstić information content (AvgIpc) is 3.31. The summed E-state index contributed by atoms with van der Waals surface area (Å²) in [7, 11) is 0. The molecule has 4 aliphatic rings. The summed E-state index contributed by atoms with van der Waals surface area (Å²) in [5, 5.41) is 0. The van der Waals surface area contributed by atoms with E-state index in [0.29, 0.717) is 23.7 Å². The van der Waals surface area contributed by atoms with Crippen LogP contribution in [0, 0.1) is 82.2 Å². The molecule has 4 saturated carbocycles. The smallest absolute Gasteiger partial charge is 0.194 e. The molecule has 2 atom stereocenters. The predicted octanol–water partition coefficient (Wildman–Crippen LogP) is 18.8. The molecular formula is C56H84F6O. The van der Waals surface area contributed by atoms with Crippen LogP contribution in [0.5, 0.6) is 0 Å². The molecule has 0 aliphatic heterocycles. The molecule has 2 unspecified atom stereocenters. The van der Waals surface area contributed by atoms with Crippen LogP contribution in [0.3, 0.4) is 0 Å². The molecular weight excluding hydrogens is 803 g/mol.